The van der Waals surface area contributed by atoms with Crippen LogP contribution in [0.1, 0.15) is 30.4 Å². The van der Waals surface area contributed by atoms with Crippen molar-refractivity contribution in [3.8, 4) is 5.75 Å². The minimum Gasteiger partial charge on any atom is -0.493 e. The number of aliphatic hydroxyl groups excluding tert-OH is 1. The van der Waals surface area contributed by atoms with E-state index in [9.17, 15) is 4.79 Å². The van der Waals surface area contributed by atoms with E-state index in [0.717, 1.165) is 49.2 Å². The van der Waals surface area contributed by atoms with Crippen LogP contribution >= 0.6 is 0 Å². The smallest absolute Gasteiger partial charge is 0.317 e. The molecule has 1 heterocycles. The van der Waals surface area contributed by atoms with Crippen LogP contribution in [-0.4, -0.2) is 48.9 Å². The van der Waals surface area contributed by atoms with Crippen molar-refractivity contribution in [3.05, 3.63) is 29.3 Å². The van der Waals surface area contributed by atoms with Gasteiger partial charge in [-0.25, -0.2) is 4.79 Å². The molecule has 128 valence electrons. The number of amides is 2. The SMILES string of the molecule is Cc1cccc(C)c1OCCCNC(=O)N1CCC(CO)CC1. The number of rotatable bonds is 6. The van der Waals surface area contributed by atoms with Crippen molar-refractivity contribution >= 4 is 6.03 Å². The number of carbonyl (C=O) groups is 1. The Morgan fingerprint density at radius 2 is 1.96 bits per heavy atom. The molecule has 2 N–H and O–H groups in total. The van der Waals surface area contributed by atoms with E-state index in [0.29, 0.717) is 19.1 Å². The van der Waals surface area contributed by atoms with Crippen LogP contribution in [0, 0.1) is 19.8 Å². The maximum absolute atomic E-state index is 12.0. The monoisotopic (exact) mass is 320 g/mol. The first-order valence-electron chi connectivity index (χ1n) is 8.44. The lowest BCUT2D eigenvalue weighted by Crippen LogP contribution is -2.45. The molecule has 0 atom stereocenters. The maximum Gasteiger partial charge on any atom is 0.317 e. The number of nitrogens with one attached hydrogen (secondary N) is 1. The van der Waals surface area contributed by atoms with Gasteiger partial charge in [-0.3, -0.25) is 0 Å². The molecule has 2 rings (SSSR count). The van der Waals surface area contributed by atoms with Crippen molar-refractivity contribution in [2.45, 2.75) is 33.1 Å². The average molecular weight is 320 g/mol. The van der Waals surface area contributed by atoms with Gasteiger partial charge in [0.15, 0.2) is 0 Å². The van der Waals surface area contributed by atoms with Gasteiger partial charge in [0, 0.05) is 26.2 Å². The van der Waals surface area contributed by atoms with E-state index in [4.69, 9.17) is 9.84 Å². The molecule has 0 saturated carbocycles. The van der Waals surface area contributed by atoms with Crippen molar-refractivity contribution in [2.24, 2.45) is 5.92 Å². The van der Waals surface area contributed by atoms with Crippen molar-refractivity contribution in [1.29, 1.82) is 0 Å². The largest absolute Gasteiger partial charge is 0.493 e. The fourth-order valence-corrected chi connectivity index (χ4v) is 2.90. The minimum atomic E-state index is -0.00605. The molecular formula is C18H28N2O3. The Hall–Kier alpha value is -1.75. The van der Waals surface area contributed by atoms with Gasteiger partial charge in [0.2, 0.25) is 0 Å². The summed E-state index contributed by atoms with van der Waals surface area (Å²) in [5, 5.41) is 12.1. The molecule has 0 radical (unpaired) electrons. The molecule has 0 unspecified atom stereocenters. The quantitative estimate of drug-likeness (QED) is 0.792. The fourth-order valence-electron chi connectivity index (χ4n) is 2.90. The Kier molecular flexibility index (Phi) is 6.71. The van der Waals surface area contributed by atoms with Gasteiger partial charge in [0.25, 0.3) is 0 Å². The van der Waals surface area contributed by atoms with Gasteiger partial charge in [-0.15, -0.1) is 0 Å². The van der Waals surface area contributed by atoms with E-state index in [1.807, 2.05) is 36.9 Å². The van der Waals surface area contributed by atoms with E-state index in [-0.39, 0.29) is 12.6 Å². The summed E-state index contributed by atoms with van der Waals surface area (Å²) in [6, 6.07) is 6.10. The highest BCUT2D eigenvalue weighted by molar-refractivity contribution is 5.74. The first-order valence-corrected chi connectivity index (χ1v) is 8.44. The molecule has 1 saturated heterocycles. The number of piperidine rings is 1. The number of para-hydroxylation sites is 1. The minimum absolute atomic E-state index is 0.00605. The highest BCUT2D eigenvalue weighted by atomic mass is 16.5. The van der Waals surface area contributed by atoms with Crippen LogP contribution in [0.4, 0.5) is 4.79 Å². The Balaban J connectivity index is 1.63. The standard InChI is InChI=1S/C18H28N2O3/c1-14-5-3-6-15(2)17(14)23-12-4-9-19-18(22)20-10-7-16(13-21)8-11-20/h3,5-6,16,21H,4,7-13H2,1-2H3,(H,19,22). The zero-order valence-electron chi connectivity index (χ0n) is 14.2. The summed E-state index contributed by atoms with van der Waals surface area (Å²) in [7, 11) is 0. The zero-order chi connectivity index (χ0) is 16.7. The number of ether oxygens (including phenoxy) is 1. The van der Waals surface area contributed by atoms with Gasteiger partial charge in [0.05, 0.1) is 6.61 Å². The second-order valence-electron chi connectivity index (χ2n) is 6.27. The number of hydrogen-bond acceptors (Lipinski definition) is 3. The normalized spacial score (nSPS) is 15.5. The fraction of sp³-hybridized carbons (Fsp3) is 0.611. The molecular weight excluding hydrogens is 292 g/mol. The molecule has 1 fully saturated rings. The zero-order valence-corrected chi connectivity index (χ0v) is 14.2. The lowest BCUT2D eigenvalue weighted by Gasteiger charge is -2.31. The summed E-state index contributed by atoms with van der Waals surface area (Å²) >= 11 is 0. The number of aryl methyl sites for hydroxylation is 2. The van der Waals surface area contributed by atoms with Gasteiger partial charge >= 0.3 is 6.03 Å². The number of aliphatic hydroxyl groups is 1. The molecule has 2 amide bonds. The number of carbonyl (C=O) groups excluding carboxylic acids is 1. The lowest BCUT2D eigenvalue weighted by molar-refractivity contribution is 0.137. The molecule has 23 heavy (non-hydrogen) atoms. The number of hydrogen-bond donors (Lipinski definition) is 2. The average Bonchev–Trinajstić information content (AvgIpc) is 2.56. The van der Waals surface area contributed by atoms with E-state index in [1.165, 1.54) is 0 Å². The first kappa shape index (κ1) is 17.6. The first-order chi connectivity index (χ1) is 11.1. The van der Waals surface area contributed by atoms with Crippen LogP contribution < -0.4 is 10.1 Å². The Labute approximate surface area is 138 Å². The Morgan fingerprint density at radius 1 is 1.30 bits per heavy atom. The predicted octanol–water partition coefficient (Wildman–Crippen LogP) is 2.49. The molecule has 5 heteroatoms. The molecule has 1 aromatic rings. The van der Waals surface area contributed by atoms with E-state index in [1.54, 1.807) is 0 Å². The highest BCUT2D eigenvalue weighted by Gasteiger charge is 2.21. The van der Waals surface area contributed by atoms with Crippen LogP contribution in [-0.2, 0) is 0 Å². The third-order valence-electron chi connectivity index (χ3n) is 4.41. The molecule has 1 aromatic carbocycles. The van der Waals surface area contributed by atoms with Crippen molar-refractivity contribution in [2.75, 3.05) is 32.8 Å². The third-order valence-corrected chi connectivity index (χ3v) is 4.41. The van der Waals surface area contributed by atoms with E-state index >= 15 is 0 Å². The molecule has 1 aliphatic rings. The van der Waals surface area contributed by atoms with Crippen LogP contribution in [0.15, 0.2) is 18.2 Å². The number of likely N-dealkylation sites (tertiary alicyclic amines) is 1. The van der Waals surface area contributed by atoms with Gasteiger partial charge in [-0.05, 0) is 50.2 Å². The van der Waals surface area contributed by atoms with Gasteiger partial charge in [0.1, 0.15) is 5.75 Å². The van der Waals surface area contributed by atoms with Gasteiger partial charge in [-0.1, -0.05) is 18.2 Å². The van der Waals surface area contributed by atoms with Crippen LogP contribution in [0.25, 0.3) is 0 Å². The summed E-state index contributed by atoms with van der Waals surface area (Å²) in [5.74, 6) is 1.30. The van der Waals surface area contributed by atoms with Crippen molar-refractivity contribution in [3.63, 3.8) is 0 Å². The third kappa shape index (κ3) is 5.13. The highest BCUT2D eigenvalue weighted by Crippen LogP contribution is 2.22. The predicted molar refractivity (Wildman–Crippen MR) is 90.8 cm³/mol. The van der Waals surface area contributed by atoms with Crippen LogP contribution in [0.3, 0.4) is 0 Å². The summed E-state index contributed by atoms with van der Waals surface area (Å²) in [6.45, 7) is 6.99. The molecule has 0 spiro atoms. The molecule has 0 bridgehead atoms. The van der Waals surface area contributed by atoms with Crippen molar-refractivity contribution < 1.29 is 14.6 Å². The summed E-state index contributed by atoms with van der Waals surface area (Å²) in [4.78, 5) is 13.9. The summed E-state index contributed by atoms with van der Waals surface area (Å²) in [6.07, 6.45) is 2.56. The summed E-state index contributed by atoms with van der Waals surface area (Å²) < 4.78 is 5.83. The van der Waals surface area contributed by atoms with Gasteiger partial charge in [-0.2, -0.15) is 0 Å². The van der Waals surface area contributed by atoms with E-state index in [2.05, 4.69) is 5.32 Å². The second-order valence-corrected chi connectivity index (χ2v) is 6.27. The maximum atomic E-state index is 12.0. The number of nitrogens with zero attached hydrogens (tertiary/aromatic N) is 1. The second kappa shape index (κ2) is 8.77. The Morgan fingerprint density at radius 3 is 2.57 bits per heavy atom. The molecule has 5 nitrogen and oxygen atoms in total. The Bertz CT molecular complexity index is 491. The van der Waals surface area contributed by atoms with Crippen LogP contribution in [0.5, 0.6) is 5.75 Å². The van der Waals surface area contributed by atoms with Crippen molar-refractivity contribution in [1.82, 2.24) is 10.2 Å². The number of urea groups is 1. The topological polar surface area (TPSA) is 61.8 Å². The van der Waals surface area contributed by atoms with Gasteiger partial charge < -0.3 is 20.1 Å². The molecule has 0 aliphatic carbocycles. The van der Waals surface area contributed by atoms with Crippen LogP contribution in [0.2, 0.25) is 0 Å². The summed E-state index contributed by atoms with van der Waals surface area (Å²) in [5.41, 5.74) is 2.28. The molecule has 1 aliphatic heterocycles. The molecule has 0 aromatic heterocycles. The number of benzene rings is 1. The lowest BCUT2D eigenvalue weighted by atomic mass is 9.98. The van der Waals surface area contributed by atoms with E-state index < -0.39 is 0 Å².